The molecule has 0 unspecified atom stereocenters. The highest BCUT2D eigenvalue weighted by Crippen LogP contribution is 2.31. The normalized spacial score (nSPS) is 15.3. The number of fused-ring (bicyclic) bond motifs is 2. The Kier molecular flexibility index (Phi) is 7.54. The molecule has 1 aliphatic rings. The molecule has 10 nitrogen and oxygen atoms in total. The summed E-state index contributed by atoms with van der Waals surface area (Å²) in [4.78, 5) is 28.4. The molecule has 44 heavy (non-hydrogen) atoms. The minimum Gasteiger partial charge on any atom is -0.384 e. The summed E-state index contributed by atoms with van der Waals surface area (Å²) in [6.07, 6.45) is 2.18. The van der Waals surface area contributed by atoms with Crippen LogP contribution in [0.25, 0.3) is 27.8 Å². The Morgan fingerprint density at radius 3 is 2.59 bits per heavy atom. The molecule has 6 rings (SSSR count). The van der Waals surface area contributed by atoms with Crippen molar-refractivity contribution < 1.29 is 18.3 Å². The van der Waals surface area contributed by atoms with E-state index < -0.39 is 18.3 Å². The molecule has 0 saturated carbocycles. The molecule has 0 spiro atoms. The van der Waals surface area contributed by atoms with Gasteiger partial charge in [0.1, 0.15) is 11.0 Å². The number of aromatic nitrogens is 6. The van der Waals surface area contributed by atoms with Gasteiger partial charge >= 0.3 is 6.18 Å². The molecule has 1 aliphatic heterocycles. The van der Waals surface area contributed by atoms with Gasteiger partial charge in [0.25, 0.3) is 5.56 Å². The molecule has 2 N–H and O–H groups in total. The summed E-state index contributed by atoms with van der Waals surface area (Å²) in [7, 11) is 0. The first-order valence-electron chi connectivity index (χ1n) is 14.4. The number of nitrogens with one attached hydrogen (secondary N) is 1. The lowest BCUT2D eigenvalue weighted by atomic mass is 10.0. The quantitative estimate of drug-likeness (QED) is 0.231. The summed E-state index contributed by atoms with van der Waals surface area (Å²) in [5.41, 5.74) is 1.03. The second kappa shape index (κ2) is 11.2. The number of anilines is 2. The fourth-order valence-corrected chi connectivity index (χ4v) is 5.79. The molecule has 5 heterocycles. The summed E-state index contributed by atoms with van der Waals surface area (Å²) >= 11 is 0. The molecule has 1 fully saturated rings. The number of piperidine rings is 1. The van der Waals surface area contributed by atoms with Crippen LogP contribution in [-0.4, -0.2) is 64.7 Å². The third-order valence-electron chi connectivity index (χ3n) is 7.89. The standard InChI is InChI=1S/C31H33F3N8O2/c1-4-13-41-28(43)23-18-35-29(38-27(23)42(41)26-7-5-6-25(37-26)30(2,3)44)36-21-8-9-24-20(17-21)10-16-40(24)22-11-14-39(15-12-22)19-31(32,33)34/h4-10,16-18,22,44H,1,11-15,19H2,2-3H3,(H,35,36,38). The van der Waals surface area contributed by atoms with Gasteiger partial charge in [-0.15, -0.1) is 6.58 Å². The van der Waals surface area contributed by atoms with Crippen LogP contribution in [0.1, 0.15) is 38.4 Å². The van der Waals surface area contributed by atoms with Gasteiger partial charge in [-0.3, -0.25) is 9.69 Å². The van der Waals surface area contributed by atoms with Crippen molar-refractivity contribution in [2.45, 2.75) is 51.1 Å². The number of likely N-dealkylation sites (tertiary alicyclic amines) is 1. The largest absolute Gasteiger partial charge is 0.401 e. The number of pyridine rings is 1. The van der Waals surface area contributed by atoms with Crippen LogP contribution >= 0.6 is 0 Å². The van der Waals surface area contributed by atoms with Crippen molar-refractivity contribution in [2.24, 2.45) is 0 Å². The number of benzene rings is 1. The number of halogens is 3. The molecule has 0 aliphatic carbocycles. The van der Waals surface area contributed by atoms with E-state index in [1.165, 1.54) is 15.8 Å². The predicted octanol–water partition coefficient (Wildman–Crippen LogP) is 5.29. The maximum absolute atomic E-state index is 13.3. The van der Waals surface area contributed by atoms with E-state index >= 15 is 0 Å². The van der Waals surface area contributed by atoms with Crippen molar-refractivity contribution in [2.75, 3.05) is 25.0 Å². The van der Waals surface area contributed by atoms with Crippen LogP contribution in [0.15, 0.2) is 72.3 Å². The van der Waals surface area contributed by atoms with Gasteiger partial charge in [-0.1, -0.05) is 12.1 Å². The minimum absolute atomic E-state index is 0.126. The maximum Gasteiger partial charge on any atom is 0.401 e. The van der Waals surface area contributed by atoms with Gasteiger partial charge in [0.15, 0.2) is 11.5 Å². The van der Waals surface area contributed by atoms with E-state index in [9.17, 15) is 23.1 Å². The molecular formula is C31H33F3N8O2. The lowest BCUT2D eigenvalue weighted by molar-refractivity contribution is -0.148. The molecule has 1 aromatic carbocycles. The highest BCUT2D eigenvalue weighted by Gasteiger charge is 2.33. The van der Waals surface area contributed by atoms with Crippen molar-refractivity contribution in [3.8, 4) is 5.82 Å². The van der Waals surface area contributed by atoms with E-state index in [-0.39, 0.29) is 24.1 Å². The van der Waals surface area contributed by atoms with E-state index in [2.05, 4.69) is 31.4 Å². The van der Waals surface area contributed by atoms with Gasteiger partial charge < -0.3 is 15.0 Å². The molecule has 0 radical (unpaired) electrons. The summed E-state index contributed by atoms with van der Waals surface area (Å²) in [6, 6.07) is 13.2. The molecule has 0 atom stereocenters. The topological polar surface area (TPSA) is 106 Å². The molecule has 5 aromatic rings. The van der Waals surface area contributed by atoms with Crippen molar-refractivity contribution in [1.29, 1.82) is 0 Å². The monoisotopic (exact) mass is 606 g/mol. The predicted molar refractivity (Wildman–Crippen MR) is 162 cm³/mol. The van der Waals surface area contributed by atoms with E-state index in [4.69, 9.17) is 0 Å². The van der Waals surface area contributed by atoms with E-state index in [1.54, 1.807) is 42.8 Å². The van der Waals surface area contributed by atoms with E-state index in [1.807, 2.05) is 30.5 Å². The smallest absolute Gasteiger partial charge is 0.384 e. The second-order valence-corrected chi connectivity index (χ2v) is 11.6. The zero-order valence-electron chi connectivity index (χ0n) is 24.4. The van der Waals surface area contributed by atoms with Crippen molar-refractivity contribution in [1.82, 2.24) is 33.8 Å². The molecule has 1 saturated heterocycles. The Balaban J connectivity index is 1.29. The summed E-state index contributed by atoms with van der Waals surface area (Å²) < 4.78 is 43.6. The first-order chi connectivity index (χ1) is 20.9. The third kappa shape index (κ3) is 5.84. The first kappa shape index (κ1) is 29.6. The summed E-state index contributed by atoms with van der Waals surface area (Å²) in [6.45, 7) is 7.21. The van der Waals surface area contributed by atoms with E-state index in [0.717, 1.165) is 16.6 Å². The second-order valence-electron chi connectivity index (χ2n) is 11.6. The van der Waals surface area contributed by atoms with Crippen LogP contribution in [0.5, 0.6) is 0 Å². The van der Waals surface area contributed by atoms with Crippen LogP contribution in [0.4, 0.5) is 24.8 Å². The number of rotatable bonds is 8. The van der Waals surface area contributed by atoms with Crippen LogP contribution in [0.3, 0.4) is 0 Å². The molecule has 0 bridgehead atoms. The Morgan fingerprint density at radius 2 is 1.89 bits per heavy atom. The number of allylic oxidation sites excluding steroid dienone is 1. The number of hydrogen-bond acceptors (Lipinski definition) is 7. The average Bonchev–Trinajstić information content (AvgIpc) is 3.51. The Bertz CT molecular complexity index is 1890. The fraction of sp³-hybridized carbons (Fsp3) is 0.355. The zero-order chi connectivity index (χ0) is 31.2. The summed E-state index contributed by atoms with van der Waals surface area (Å²) in [5, 5.41) is 15.0. The summed E-state index contributed by atoms with van der Waals surface area (Å²) in [5.74, 6) is 0.687. The first-order valence-corrected chi connectivity index (χ1v) is 14.4. The molecule has 13 heteroatoms. The maximum atomic E-state index is 13.3. The minimum atomic E-state index is -4.18. The Labute approximate surface area is 251 Å². The number of aliphatic hydroxyl groups is 1. The fourth-order valence-electron chi connectivity index (χ4n) is 5.79. The Morgan fingerprint density at radius 1 is 1.11 bits per heavy atom. The van der Waals surface area contributed by atoms with Gasteiger partial charge in [0.05, 0.1) is 18.8 Å². The highest BCUT2D eigenvalue weighted by molar-refractivity contribution is 5.85. The van der Waals surface area contributed by atoms with Crippen LogP contribution < -0.4 is 10.9 Å². The molecule has 230 valence electrons. The van der Waals surface area contributed by atoms with Crippen LogP contribution in [0, 0.1) is 0 Å². The van der Waals surface area contributed by atoms with Crippen molar-refractivity contribution in [3.05, 3.63) is 83.6 Å². The molecule has 0 amide bonds. The van der Waals surface area contributed by atoms with Gasteiger partial charge in [0, 0.05) is 48.1 Å². The van der Waals surface area contributed by atoms with Gasteiger partial charge in [-0.25, -0.2) is 19.3 Å². The Hall–Kier alpha value is -4.49. The molecule has 4 aromatic heterocycles. The van der Waals surface area contributed by atoms with Crippen molar-refractivity contribution in [3.63, 3.8) is 0 Å². The van der Waals surface area contributed by atoms with Gasteiger partial charge in [-0.2, -0.15) is 18.2 Å². The highest BCUT2D eigenvalue weighted by atomic mass is 19.4. The zero-order valence-corrected chi connectivity index (χ0v) is 24.4. The SMILES string of the molecule is C=CCn1c(=O)c2cnc(Nc3ccc4c(ccn4C4CCN(CC(F)(F)F)CC4)c3)nc2n1-c1cccc(C(C)(C)O)n1. The van der Waals surface area contributed by atoms with Crippen molar-refractivity contribution >= 4 is 33.6 Å². The number of alkyl halides is 3. The number of hydrogen-bond donors (Lipinski definition) is 2. The van der Waals surface area contributed by atoms with Crippen LogP contribution in [0.2, 0.25) is 0 Å². The van der Waals surface area contributed by atoms with E-state index in [0.29, 0.717) is 48.5 Å². The van der Waals surface area contributed by atoms with Gasteiger partial charge in [-0.05, 0) is 63.1 Å². The van der Waals surface area contributed by atoms with Crippen LogP contribution in [-0.2, 0) is 12.1 Å². The lowest BCUT2D eigenvalue weighted by Gasteiger charge is -2.33. The lowest BCUT2D eigenvalue weighted by Crippen LogP contribution is -2.40. The van der Waals surface area contributed by atoms with Gasteiger partial charge in [0.2, 0.25) is 5.95 Å². The average molecular weight is 607 g/mol. The molecular weight excluding hydrogens is 573 g/mol. The third-order valence-corrected chi connectivity index (χ3v) is 7.89. The number of nitrogens with zero attached hydrogens (tertiary/aromatic N) is 7.